The number of carbonyl (C=O) groups is 1. The molecule has 120 valence electrons. The van der Waals surface area contributed by atoms with E-state index in [0.717, 1.165) is 19.0 Å². The number of hydrogen-bond donors (Lipinski definition) is 1. The number of amides is 1. The number of fused-ring (bicyclic) bond motifs is 1. The average molecular weight is 298 g/mol. The molecule has 0 aromatic rings. The van der Waals surface area contributed by atoms with Gasteiger partial charge in [0.15, 0.2) is 5.96 Å². The van der Waals surface area contributed by atoms with Gasteiger partial charge in [0.2, 0.25) is 0 Å². The minimum atomic E-state index is -0.451. The lowest BCUT2D eigenvalue weighted by Gasteiger charge is -2.39. The number of guanidine groups is 1. The van der Waals surface area contributed by atoms with Gasteiger partial charge in [0, 0.05) is 33.3 Å². The number of aliphatic imine (C=N–C) groups is 1. The predicted octanol–water partition coefficient (Wildman–Crippen LogP) is 0.513. The van der Waals surface area contributed by atoms with E-state index in [1.165, 1.54) is 0 Å². The molecule has 1 fully saturated rings. The Balaban J connectivity index is 1.83. The van der Waals surface area contributed by atoms with Gasteiger partial charge in [0.25, 0.3) is 0 Å². The summed E-state index contributed by atoms with van der Waals surface area (Å²) in [5, 5.41) is 3.28. The molecule has 7 heteroatoms. The smallest absolute Gasteiger partial charge is 0.410 e. The van der Waals surface area contributed by atoms with Crippen molar-refractivity contribution < 1.29 is 14.3 Å². The Morgan fingerprint density at radius 1 is 1.43 bits per heavy atom. The summed E-state index contributed by atoms with van der Waals surface area (Å²) in [6, 6.07) is 0.247. The lowest BCUT2D eigenvalue weighted by Crippen LogP contribution is -2.57. The van der Waals surface area contributed by atoms with Crippen molar-refractivity contribution in [3.8, 4) is 0 Å². The number of nitrogens with one attached hydrogen (secondary N) is 1. The molecule has 1 N–H and O–H groups in total. The summed E-state index contributed by atoms with van der Waals surface area (Å²) in [7, 11) is 1.68. The Bertz CT molecular complexity index is 406. The van der Waals surface area contributed by atoms with Crippen LogP contribution < -0.4 is 5.32 Å². The highest BCUT2D eigenvalue weighted by molar-refractivity contribution is 5.82. The van der Waals surface area contributed by atoms with E-state index in [1.807, 2.05) is 20.8 Å². The molecule has 0 radical (unpaired) electrons. The van der Waals surface area contributed by atoms with E-state index in [1.54, 1.807) is 12.0 Å². The van der Waals surface area contributed by atoms with Crippen molar-refractivity contribution in [3.05, 3.63) is 0 Å². The lowest BCUT2D eigenvalue weighted by atomic mass is 10.2. The van der Waals surface area contributed by atoms with Crippen LogP contribution in [0.5, 0.6) is 0 Å². The summed E-state index contributed by atoms with van der Waals surface area (Å²) in [5.41, 5.74) is -0.451. The number of ether oxygens (including phenoxy) is 2. The fraction of sp³-hybridized carbons (Fsp3) is 0.857. The molecule has 1 amide bonds. The molecule has 0 aliphatic carbocycles. The van der Waals surface area contributed by atoms with Crippen LogP contribution in [0.2, 0.25) is 0 Å². The molecule has 0 aromatic carbocycles. The highest BCUT2D eigenvalue weighted by Crippen LogP contribution is 2.18. The van der Waals surface area contributed by atoms with E-state index in [-0.39, 0.29) is 12.1 Å². The third kappa shape index (κ3) is 4.23. The Morgan fingerprint density at radius 2 is 2.19 bits per heavy atom. The molecular formula is C14H26N4O3. The van der Waals surface area contributed by atoms with E-state index in [4.69, 9.17) is 9.47 Å². The van der Waals surface area contributed by atoms with Crippen LogP contribution in [-0.4, -0.2) is 79.9 Å². The quantitative estimate of drug-likeness (QED) is 0.769. The molecule has 21 heavy (non-hydrogen) atoms. The predicted molar refractivity (Wildman–Crippen MR) is 80.5 cm³/mol. The summed E-state index contributed by atoms with van der Waals surface area (Å²) in [5.74, 6) is 0.917. The molecule has 2 heterocycles. The van der Waals surface area contributed by atoms with Crippen molar-refractivity contribution in [3.63, 3.8) is 0 Å². The SMILES string of the molecule is COCCNC1=NCC2CN(C(=O)OC(C)(C)C)CCN12. The molecule has 2 aliphatic heterocycles. The van der Waals surface area contributed by atoms with E-state index in [2.05, 4.69) is 15.2 Å². The topological polar surface area (TPSA) is 66.4 Å². The molecule has 0 bridgehead atoms. The minimum absolute atomic E-state index is 0.233. The van der Waals surface area contributed by atoms with Crippen LogP contribution in [0, 0.1) is 0 Å². The van der Waals surface area contributed by atoms with Gasteiger partial charge < -0.3 is 24.6 Å². The van der Waals surface area contributed by atoms with Crippen molar-refractivity contribution >= 4 is 12.1 Å². The molecule has 1 unspecified atom stereocenters. The Morgan fingerprint density at radius 3 is 2.86 bits per heavy atom. The normalized spacial score (nSPS) is 21.9. The van der Waals surface area contributed by atoms with Gasteiger partial charge in [-0.2, -0.15) is 0 Å². The number of hydrogen-bond acceptors (Lipinski definition) is 6. The van der Waals surface area contributed by atoms with E-state index in [9.17, 15) is 4.79 Å². The second kappa shape index (κ2) is 6.51. The van der Waals surface area contributed by atoms with Crippen molar-refractivity contribution in [2.45, 2.75) is 32.4 Å². The van der Waals surface area contributed by atoms with Gasteiger partial charge in [0.1, 0.15) is 5.60 Å². The Labute approximate surface area is 126 Å². The van der Waals surface area contributed by atoms with Crippen LogP contribution in [-0.2, 0) is 9.47 Å². The zero-order chi connectivity index (χ0) is 15.5. The highest BCUT2D eigenvalue weighted by Gasteiger charge is 2.36. The maximum atomic E-state index is 12.1. The fourth-order valence-electron chi connectivity index (χ4n) is 2.49. The first-order valence-electron chi connectivity index (χ1n) is 7.42. The van der Waals surface area contributed by atoms with Crippen molar-refractivity contribution in [2.24, 2.45) is 4.99 Å². The summed E-state index contributed by atoms with van der Waals surface area (Å²) in [4.78, 5) is 20.6. The molecule has 2 rings (SSSR count). The van der Waals surface area contributed by atoms with E-state index in [0.29, 0.717) is 26.2 Å². The minimum Gasteiger partial charge on any atom is -0.444 e. The van der Waals surface area contributed by atoms with Crippen molar-refractivity contribution in [2.75, 3.05) is 46.4 Å². The van der Waals surface area contributed by atoms with Crippen molar-refractivity contribution in [1.82, 2.24) is 15.1 Å². The third-order valence-corrected chi connectivity index (χ3v) is 3.45. The second-order valence-electron chi connectivity index (χ2n) is 6.36. The van der Waals surface area contributed by atoms with Gasteiger partial charge in [0.05, 0.1) is 19.2 Å². The number of nitrogens with zero attached hydrogens (tertiary/aromatic N) is 3. The maximum Gasteiger partial charge on any atom is 0.410 e. The van der Waals surface area contributed by atoms with E-state index >= 15 is 0 Å². The molecule has 0 saturated carbocycles. The van der Waals surface area contributed by atoms with Gasteiger partial charge in [-0.25, -0.2) is 4.79 Å². The summed E-state index contributed by atoms with van der Waals surface area (Å²) in [6.45, 7) is 9.88. The standard InChI is InChI=1S/C14H26N4O3/c1-14(2,3)21-13(19)17-6-7-18-11(10-17)9-16-12(18)15-5-8-20-4/h11H,5-10H2,1-4H3,(H,15,16). The second-order valence-corrected chi connectivity index (χ2v) is 6.36. The summed E-state index contributed by atoms with van der Waals surface area (Å²) in [6.07, 6.45) is -0.233. The molecule has 1 saturated heterocycles. The number of piperazine rings is 1. The first kappa shape index (κ1) is 15.9. The van der Waals surface area contributed by atoms with Crippen LogP contribution in [0.4, 0.5) is 4.79 Å². The van der Waals surface area contributed by atoms with Crippen molar-refractivity contribution in [1.29, 1.82) is 0 Å². The van der Waals surface area contributed by atoms with Crippen LogP contribution in [0.3, 0.4) is 0 Å². The Kier molecular flexibility index (Phi) is 4.92. The number of rotatable bonds is 3. The molecule has 0 aromatic heterocycles. The Hall–Kier alpha value is -1.50. The van der Waals surface area contributed by atoms with Gasteiger partial charge in [-0.05, 0) is 20.8 Å². The van der Waals surface area contributed by atoms with E-state index < -0.39 is 5.60 Å². The van der Waals surface area contributed by atoms with Crippen LogP contribution in [0.1, 0.15) is 20.8 Å². The third-order valence-electron chi connectivity index (χ3n) is 3.45. The molecular weight excluding hydrogens is 272 g/mol. The summed E-state index contributed by atoms with van der Waals surface area (Å²) >= 11 is 0. The van der Waals surface area contributed by atoms with Gasteiger partial charge in [-0.1, -0.05) is 0 Å². The lowest BCUT2D eigenvalue weighted by molar-refractivity contribution is 0.0137. The van der Waals surface area contributed by atoms with Gasteiger partial charge in [-0.15, -0.1) is 0 Å². The zero-order valence-electron chi connectivity index (χ0n) is 13.4. The first-order valence-corrected chi connectivity index (χ1v) is 7.42. The molecule has 2 aliphatic rings. The number of carbonyl (C=O) groups excluding carboxylic acids is 1. The maximum absolute atomic E-state index is 12.1. The van der Waals surface area contributed by atoms with Gasteiger partial charge in [-0.3, -0.25) is 4.99 Å². The largest absolute Gasteiger partial charge is 0.444 e. The molecule has 0 spiro atoms. The summed E-state index contributed by atoms with van der Waals surface area (Å²) < 4.78 is 10.5. The van der Waals surface area contributed by atoms with Crippen LogP contribution in [0.15, 0.2) is 4.99 Å². The fourth-order valence-corrected chi connectivity index (χ4v) is 2.49. The van der Waals surface area contributed by atoms with Crippen LogP contribution in [0.25, 0.3) is 0 Å². The monoisotopic (exact) mass is 298 g/mol. The molecule has 7 nitrogen and oxygen atoms in total. The highest BCUT2D eigenvalue weighted by atomic mass is 16.6. The first-order chi connectivity index (χ1) is 9.90. The number of methoxy groups -OCH3 is 1. The molecule has 1 atom stereocenters. The van der Waals surface area contributed by atoms with Crippen LogP contribution >= 0.6 is 0 Å². The zero-order valence-corrected chi connectivity index (χ0v) is 13.4. The average Bonchev–Trinajstić information content (AvgIpc) is 2.80. The van der Waals surface area contributed by atoms with Gasteiger partial charge >= 0.3 is 6.09 Å².